The number of nitrogens with zero attached hydrogens (tertiary/aromatic N) is 2. The van der Waals surface area contributed by atoms with Gasteiger partial charge in [0.15, 0.2) is 0 Å². The molecule has 0 fully saturated rings. The second-order valence-corrected chi connectivity index (χ2v) is 4.83. The molecule has 6 nitrogen and oxygen atoms in total. The van der Waals surface area contributed by atoms with Crippen LogP contribution in [0.25, 0.3) is 5.52 Å². The number of pyridine rings is 1. The Morgan fingerprint density at radius 3 is 2.73 bits per heavy atom. The first-order chi connectivity index (χ1) is 10.8. The van der Waals surface area contributed by atoms with Gasteiger partial charge in [0.25, 0.3) is 0 Å². The predicted octanol–water partition coefficient (Wildman–Crippen LogP) is 2.32. The molecule has 0 spiro atoms. The molecule has 0 aromatic carbocycles. The van der Waals surface area contributed by atoms with Crippen molar-refractivity contribution in [2.45, 2.75) is 19.8 Å². The summed E-state index contributed by atoms with van der Waals surface area (Å²) in [6.07, 6.45) is 5.61. The molecule has 2 heterocycles. The van der Waals surface area contributed by atoms with E-state index >= 15 is 0 Å². The lowest BCUT2D eigenvalue weighted by Crippen LogP contribution is -2.13. The maximum atomic E-state index is 11.9. The minimum absolute atomic E-state index is 0.234. The first-order valence-corrected chi connectivity index (χ1v) is 7.57. The van der Waals surface area contributed by atoms with Gasteiger partial charge in [-0.3, -0.25) is 0 Å². The Balaban J connectivity index is 1.59. The van der Waals surface area contributed by atoms with Crippen molar-refractivity contribution in [1.29, 1.82) is 0 Å². The fourth-order valence-corrected chi connectivity index (χ4v) is 1.89. The summed E-state index contributed by atoms with van der Waals surface area (Å²) in [4.78, 5) is 11.9. The molecule has 0 aliphatic rings. The van der Waals surface area contributed by atoms with E-state index in [1.54, 1.807) is 29.0 Å². The van der Waals surface area contributed by atoms with Crippen LogP contribution in [0, 0.1) is 0 Å². The Kier molecular flexibility index (Phi) is 6.86. The quantitative estimate of drug-likeness (QED) is 0.498. The highest BCUT2D eigenvalue weighted by Crippen LogP contribution is 2.07. The maximum Gasteiger partial charge on any atom is 0.338 e. The van der Waals surface area contributed by atoms with Crippen molar-refractivity contribution >= 4 is 11.5 Å². The van der Waals surface area contributed by atoms with Crippen molar-refractivity contribution in [3.63, 3.8) is 0 Å². The summed E-state index contributed by atoms with van der Waals surface area (Å²) in [5.74, 6) is -0.355. The summed E-state index contributed by atoms with van der Waals surface area (Å²) in [7, 11) is 0. The van der Waals surface area contributed by atoms with E-state index in [2.05, 4.69) is 12.0 Å². The molecule has 0 saturated heterocycles. The number of unbranched alkanes of at least 4 members (excludes halogenated alkanes) is 1. The Bertz CT molecular complexity index is 582. The van der Waals surface area contributed by atoms with Crippen LogP contribution in [0.4, 0.5) is 0 Å². The van der Waals surface area contributed by atoms with Gasteiger partial charge in [-0.05, 0) is 24.6 Å². The zero-order valence-electron chi connectivity index (χ0n) is 12.9. The molecule has 0 atom stereocenters. The highest BCUT2D eigenvalue weighted by Gasteiger charge is 2.08. The SMILES string of the molecule is CCCCOCCOCCOC(=O)c1ccn2nccc2c1. The molecule has 0 N–H and O–H groups in total. The lowest BCUT2D eigenvalue weighted by molar-refractivity contribution is 0.0143. The van der Waals surface area contributed by atoms with E-state index in [-0.39, 0.29) is 12.6 Å². The summed E-state index contributed by atoms with van der Waals surface area (Å²) >= 11 is 0. The fourth-order valence-electron chi connectivity index (χ4n) is 1.89. The topological polar surface area (TPSA) is 62.1 Å². The fraction of sp³-hybridized carbons (Fsp3) is 0.500. The number of carbonyl (C=O) groups excluding carboxylic acids is 1. The van der Waals surface area contributed by atoms with E-state index in [1.165, 1.54) is 0 Å². The van der Waals surface area contributed by atoms with Crippen LogP contribution in [0.2, 0.25) is 0 Å². The molecule has 0 unspecified atom stereocenters. The molecule has 0 aliphatic carbocycles. The molecule has 0 aliphatic heterocycles. The third kappa shape index (κ3) is 5.13. The number of carbonyl (C=O) groups is 1. The number of hydrogen-bond donors (Lipinski definition) is 0. The minimum atomic E-state index is -0.355. The van der Waals surface area contributed by atoms with Crippen LogP contribution >= 0.6 is 0 Å². The van der Waals surface area contributed by atoms with Gasteiger partial charge in [0.1, 0.15) is 6.61 Å². The van der Waals surface area contributed by atoms with Gasteiger partial charge in [0.05, 0.1) is 30.9 Å². The van der Waals surface area contributed by atoms with Crippen LogP contribution in [0.15, 0.2) is 30.6 Å². The molecule has 6 heteroatoms. The second-order valence-electron chi connectivity index (χ2n) is 4.83. The van der Waals surface area contributed by atoms with Crippen LogP contribution in [-0.4, -0.2) is 48.6 Å². The maximum absolute atomic E-state index is 11.9. The van der Waals surface area contributed by atoms with Crippen molar-refractivity contribution in [1.82, 2.24) is 9.61 Å². The molecular formula is C16H22N2O4. The molecule has 0 saturated carbocycles. The summed E-state index contributed by atoms with van der Waals surface area (Å²) in [6, 6.07) is 5.26. The van der Waals surface area contributed by atoms with Crippen molar-refractivity contribution in [3.05, 3.63) is 36.2 Å². The van der Waals surface area contributed by atoms with Gasteiger partial charge >= 0.3 is 5.97 Å². The molecule has 0 amide bonds. The van der Waals surface area contributed by atoms with Crippen molar-refractivity contribution in [3.8, 4) is 0 Å². The minimum Gasteiger partial charge on any atom is -0.460 e. The van der Waals surface area contributed by atoms with E-state index in [4.69, 9.17) is 14.2 Å². The van der Waals surface area contributed by atoms with Crippen molar-refractivity contribution in [2.75, 3.05) is 33.0 Å². The van der Waals surface area contributed by atoms with Crippen LogP contribution in [0.5, 0.6) is 0 Å². The smallest absolute Gasteiger partial charge is 0.338 e. The van der Waals surface area contributed by atoms with E-state index in [0.717, 1.165) is 25.0 Å². The van der Waals surface area contributed by atoms with Crippen molar-refractivity contribution in [2.24, 2.45) is 0 Å². The lowest BCUT2D eigenvalue weighted by atomic mass is 10.2. The molecular weight excluding hydrogens is 284 g/mol. The Labute approximate surface area is 130 Å². The molecule has 2 rings (SSSR count). The summed E-state index contributed by atoms with van der Waals surface area (Å²) in [6.45, 7) is 4.59. The predicted molar refractivity (Wildman–Crippen MR) is 82.0 cm³/mol. The molecule has 22 heavy (non-hydrogen) atoms. The lowest BCUT2D eigenvalue weighted by Gasteiger charge is -2.07. The average Bonchev–Trinajstić information content (AvgIpc) is 3.00. The summed E-state index contributed by atoms with van der Waals surface area (Å²) < 4.78 is 17.6. The molecule has 0 bridgehead atoms. The van der Waals surface area contributed by atoms with E-state index < -0.39 is 0 Å². The number of aromatic nitrogens is 2. The van der Waals surface area contributed by atoms with Crippen LogP contribution < -0.4 is 0 Å². The number of ether oxygens (including phenoxy) is 3. The van der Waals surface area contributed by atoms with E-state index in [1.807, 2.05) is 6.07 Å². The average molecular weight is 306 g/mol. The third-order valence-corrected chi connectivity index (χ3v) is 3.11. The first kappa shape index (κ1) is 16.5. The molecule has 2 aromatic heterocycles. The van der Waals surface area contributed by atoms with Gasteiger partial charge in [0.2, 0.25) is 0 Å². The molecule has 120 valence electrons. The van der Waals surface area contributed by atoms with E-state index in [0.29, 0.717) is 25.4 Å². The zero-order valence-corrected chi connectivity index (χ0v) is 12.9. The Morgan fingerprint density at radius 1 is 1.14 bits per heavy atom. The van der Waals surface area contributed by atoms with Crippen LogP contribution in [0.1, 0.15) is 30.1 Å². The number of hydrogen-bond acceptors (Lipinski definition) is 5. The van der Waals surface area contributed by atoms with Gasteiger partial charge in [-0.1, -0.05) is 13.3 Å². The Morgan fingerprint density at radius 2 is 1.91 bits per heavy atom. The number of esters is 1. The highest BCUT2D eigenvalue weighted by molar-refractivity contribution is 5.90. The van der Waals surface area contributed by atoms with Crippen molar-refractivity contribution < 1.29 is 19.0 Å². The first-order valence-electron chi connectivity index (χ1n) is 7.57. The molecule has 2 aromatic rings. The molecule has 0 radical (unpaired) electrons. The van der Waals surface area contributed by atoms with Gasteiger partial charge in [-0.25, -0.2) is 9.31 Å². The number of fused-ring (bicyclic) bond motifs is 1. The van der Waals surface area contributed by atoms with Crippen LogP contribution in [0.3, 0.4) is 0 Å². The monoisotopic (exact) mass is 306 g/mol. The third-order valence-electron chi connectivity index (χ3n) is 3.11. The number of rotatable bonds is 10. The van der Waals surface area contributed by atoms with Gasteiger partial charge in [0, 0.05) is 19.0 Å². The zero-order chi connectivity index (χ0) is 15.6. The Hall–Kier alpha value is -1.92. The van der Waals surface area contributed by atoms with Gasteiger partial charge < -0.3 is 14.2 Å². The second kappa shape index (κ2) is 9.17. The van der Waals surface area contributed by atoms with Gasteiger partial charge in [-0.2, -0.15) is 5.10 Å². The largest absolute Gasteiger partial charge is 0.460 e. The summed E-state index contributed by atoms with van der Waals surface area (Å²) in [5, 5.41) is 4.07. The van der Waals surface area contributed by atoms with Crippen LogP contribution in [-0.2, 0) is 14.2 Å². The van der Waals surface area contributed by atoms with E-state index in [9.17, 15) is 4.79 Å². The standard InChI is InChI=1S/C16H22N2O4/c1-2-3-8-20-9-10-21-11-12-22-16(19)14-5-7-18-15(13-14)4-6-17-18/h4-7,13H,2-3,8-12H2,1H3. The normalized spacial score (nSPS) is 11.0. The summed E-state index contributed by atoms with van der Waals surface area (Å²) in [5.41, 5.74) is 1.37. The highest BCUT2D eigenvalue weighted by atomic mass is 16.6. The van der Waals surface area contributed by atoms with Gasteiger partial charge in [-0.15, -0.1) is 0 Å².